The molecule has 0 atom stereocenters. The average Bonchev–Trinajstić information content (AvgIpc) is 3.15. The molecule has 30 heavy (non-hydrogen) atoms. The van der Waals surface area contributed by atoms with Gasteiger partial charge in [-0.3, -0.25) is 0 Å². The van der Waals surface area contributed by atoms with Crippen molar-refractivity contribution in [3.05, 3.63) is 90.2 Å². The standard InChI is InChI=1S/C25H14ClN3S/c26-25-28-23(15-7-2-1-3-8-15)27-24(29-25)19-12-6-11-18-20-13-16-9-4-5-10-17(16)14-21(20)30-22(18)19/h1-14H. The molecule has 0 bridgehead atoms. The van der Waals surface area contributed by atoms with Crippen molar-refractivity contribution in [2.24, 2.45) is 0 Å². The summed E-state index contributed by atoms with van der Waals surface area (Å²) in [5, 5.41) is 5.13. The van der Waals surface area contributed by atoms with Crippen LogP contribution in [0.5, 0.6) is 0 Å². The fraction of sp³-hybridized carbons (Fsp3) is 0. The molecule has 2 heterocycles. The van der Waals surface area contributed by atoms with Crippen molar-refractivity contribution in [1.29, 1.82) is 0 Å². The summed E-state index contributed by atoms with van der Waals surface area (Å²) in [7, 11) is 0. The Bertz CT molecular complexity index is 1560. The first kappa shape index (κ1) is 17.5. The number of hydrogen-bond donors (Lipinski definition) is 0. The first-order valence-electron chi connectivity index (χ1n) is 9.58. The van der Waals surface area contributed by atoms with E-state index < -0.39 is 0 Å². The maximum atomic E-state index is 6.29. The van der Waals surface area contributed by atoms with Crippen LogP contribution in [0, 0.1) is 0 Å². The zero-order chi connectivity index (χ0) is 20.1. The van der Waals surface area contributed by atoms with Gasteiger partial charge in [-0.2, -0.15) is 9.97 Å². The quantitative estimate of drug-likeness (QED) is 0.291. The van der Waals surface area contributed by atoms with E-state index in [4.69, 9.17) is 16.6 Å². The minimum Gasteiger partial charge on any atom is -0.208 e. The monoisotopic (exact) mass is 423 g/mol. The van der Waals surface area contributed by atoms with E-state index in [0.29, 0.717) is 11.6 Å². The topological polar surface area (TPSA) is 38.7 Å². The largest absolute Gasteiger partial charge is 0.226 e. The van der Waals surface area contributed by atoms with E-state index >= 15 is 0 Å². The summed E-state index contributed by atoms with van der Waals surface area (Å²) in [6, 6.07) is 29.1. The van der Waals surface area contributed by atoms with Crippen molar-refractivity contribution in [3.63, 3.8) is 0 Å². The molecular weight excluding hydrogens is 410 g/mol. The molecule has 6 rings (SSSR count). The van der Waals surface area contributed by atoms with Gasteiger partial charge in [-0.25, -0.2) is 4.98 Å². The van der Waals surface area contributed by atoms with Crippen LogP contribution in [0.25, 0.3) is 53.7 Å². The van der Waals surface area contributed by atoms with Gasteiger partial charge in [0, 0.05) is 31.3 Å². The lowest BCUT2D eigenvalue weighted by molar-refractivity contribution is 1.07. The molecule has 0 fully saturated rings. The van der Waals surface area contributed by atoms with Gasteiger partial charge in [0.1, 0.15) is 0 Å². The molecule has 0 aliphatic rings. The van der Waals surface area contributed by atoms with Crippen LogP contribution in [0.4, 0.5) is 0 Å². The Morgan fingerprint density at radius 3 is 2.20 bits per heavy atom. The molecule has 0 saturated carbocycles. The molecule has 6 aromatic rings. The molecular formula is C25H14ClN3S. The van der Waals surface area contributed by atoms with Crippen LogP contribution in [-0.2, 0) is 0 Å². The van der Waals surface area contributed by atoms with Crippen LogP contribution in [0.3, 0.4) is 0 Å². The minimum atomic E-state index is 0.197. The normalized spacial score (nSPS) is 11.5. The lowest BCUT2D eigenvalue weighted by Gasteiger charge is -2.06. The maximum absolute atomic E-state index is 6.29. The van der Waals surface area contributed by atoms with Gasteiger partial charge in [0.25, 0.3) is 0 Å². The predicted octanol–water partition coefficient (Wildman–Crippen LogP) is 7.38. The Hall–Kier alpha value is -3.34. The van der Waals surface area contributed by atoms with Crippen molar-refractivity contribution in [2.75, 3.05) is 0 Å². The van der Waals surface area contributed by atoms with Crippen LogP contribution >= 0.6 is 22.9 Å². The van der Waals surface area contributed by atoms with E-state index in [2.05, 4.69) is 64.6 Å². The second-order valence-corrected chi connectivity index (χ2v) is 8.49. The van der Waals surface area contributed by atoms with Crippen LogP contribution < -0.4 is 0 Å². The van der Waals surface area contributed by atoms with Gasteiger partial charge in [-0.05, 0) is 40.6 Å². The molecule has 4 aromatic carbocycles. The molecule has 0 aliphatic carbocycles. The zero-order valence-corrected chi connectivity index (χ0v) is 17.3. The van der Waals surface area contributed by atoms with Gasteiger partial charge in [0.05, 0.1) is 0 Å². The van der Waals surface area contributed by atoms with E-state index in [0.717, 1.165) is 15.8 Å². The Balaban J connectivity index is 1.61. The number of halogens is 1. The Morgan fingerprint density at radius 2 is 1.37 bits per heavy atom. The van der Waals surface area contributed by atoms with Gasteiger partial charge in [-0.15, -0.1) is 11.3 Å². The van der Waals surface area contributed by atoms with Crippen molar-refractivity contribution in [3.8, 4) is 22.8 Å². The minimum absolute atomic E-state index is 0.197. The average molecular weight is 424 g/mol. The van der Waals surface area contributed by atoms with Crippen molar-refractivity contribution >= 4 is 53.9 Å². The molecule has 2 aromatic heterocycles. The smallest absolute Gasteiger partial charge is 0.208 e. The molecule has 0 amide bonds. The molecule has 3 nitrogen and oxygen atoms in total. The van der Waals surface area contributed by atoms with Gasteiger partial charge < -0.3 is 0 Å². The van der Waals surface area contributed by atoms with E-state index in [1.54, 1.807) is 11.3 Å². The summed E-state index contributed by atoms with van der Waals surface area (Å²) in [6.07, 6.45) is 0. The molecule has 0 radical (unpaired) electrons. The Morgan fingerprint density at radius 1 is 0.633 bits per heavy atom. The molecule has 0 unspecified atom stereocenters. The second kappa shape index (κ2) is 6.87. The third kappa shape index (κ3) is 2.84. The lowest BCUT2D eigenvalue weighted by Crippen LogP contribution is -1.97. The third-order valence-corrected chi connectivity index (χ3v) is 6.62. The highest BCUT2D eigenvalue weighted by Gasteiger charge is 2.15. The maximum Gasteiger partial charge on any atom is 0.226 e. The molecule has 0 N–H and O–H groups in total. The predicted molar refractivity (Wildman–Crippen MR) is 126 cm³/mol. The second-order valence-electron chi connectivity index (χ2n) is 7.10. The molecule has 0 spiro atoms. The van der Waals surface area contributed by atoms with Crippen LogP contribution in [-0.4, -0.2) is 15.0 Å². The van der Waals surface area contributed by atoms with Gasteiger partial charge >= 0.3 is 0 Å². The summed E-state index contributed by atoms with van der Waals surface area (Å²) in [5.41, 5.74) is 1.89. The number of fused-ring (bicyclic) bond motifs is 4. The number of aromatic nitrogens is 3. The van der Waals surface area contributed by atoms with E-state index in [1.807, 2.05) is 30.3 Å². The fourth-order valence-corrected chi connectivity index (χ4v) is 5.25. The Kier molecular flexibility index (Phi) is 4.01. The van der Waals surface area contributed by atoms with E-state index in [9.17, 15) is 0 Å². The number of rotatable bonds is 2. The number of benzene rings is 4. The zero-order valence-electron chi connectivity index (χ0n) is 15.7. The third-order valence-electron chi connectivity index (χ3n) is 5.25. The molecule has 142 valence electrons. The SMILES string of the molecule is Clc1nc(-c2ccccc2)nc(-c2cccc3c2sc2cc4ccccc4cc23)n1. The summed E-state index contributed by atoms with van der Waals surface area (Å²) in [4.78, 5) is 13.5. The summed E-state index contributed by atoms with van der Waals surface area (Å²) < 4.78 is 2.41. The molecule has 0 aliphatic heterocycles. The summed E-state index contributed by atoms with van der Waals surface area (Å²) >= 11 is 8.05. The summed E-state index contributed by atoms with van der Waals surface area (Å²) in [6.45, 7) is 0. The van der Waals surface area contributed by atoms with E-state index in [-0.39, 0.29) is 5.28 Å². The van der Waals surface area contributed by atoms with Crippen molar-refractivity contribution in [1.82, 2.24) is 15.0 Å². The highest BCUT2D eigenvalue weighted by Crippen LogP contribution is 2.40. The highest BCUT2D eigenvalue weighted by molar-refractivity contribution is 7.26. The first-order valence-corrected chi connectivity index (χ1v) is 10.8. The molecule has 0 saturated heterocycles. The van der Waals surface area contributed by atoms with Crippen molar-refractivity contribution < 1.29 is 0 Å². The number of nitrogens with zero attached hydrogens (tertiary/aromatic N) is 3. The van der Waals surface area contributed by atoms with Gasteiger partial charge in [0.2, 0.25) is 5.28 Å². The van der Waals surface area contributed by atoms with Crippen LogP contribution in [0.2, 0.25) is 5.28 Å². The first-order chi connectivity index (χ1) is 14.8. The number of hydrogen-bond acceptors (Lipinski definition) is 4. The van der Waals surface area contributed by atoms with Crippen LogP contribution in [0.15, 0.2) is 84.9 Å². The highest BCUT2D eigenvalue weighted by atomic mass is 35.5. The van der Waals surface area contributed by atoms with Gasteiger partial charge in [-0.1, -0.05) is 66.7 Å². The van der Waals surface area contributed by atoms with Gasteiger partial charge in [0.15, 0.2) is 11.6 Å². The lowest BCUT2D eigenvalue weighted by atomic mass is 10.0. The van der Waals surface area contributed by atoms with Crippen molar-refractivity contribution in [2.45, 2.75) is 0 Å². The fourth-order valence-electron chi connectivity index (χ4n) is 3.85. The van der Waals surface area contributed by atoms with E-state index in [1.165, 1.54) is 26.2 Å². The molecule has 5 heteroatoms. The summed E-state index contributed by atoms with van der Waals surface area (Å²) in [5.74, 6) is 1.17. The Labute approximate surface area is 181 Å². The number of thiophene rings is 1. The van der Waals surface area contributed by atoms with Crippen LogP contribution in [0.1, 0.15) is 0 Å².